The second-order valence-electron chi connectivity index (χ2n) is 7.60. The molecule has 6 nitrogen and oxygen atoms in total. The number of para-hydroxylation sites is 1. The third-order valence-electron chi connectivity index (χ3n) is 5.37. The van der Waals surface area contributed by atoms with E-state index in [2.05, 4.69) is 15.2 Å². The molecule has 2 aliphatic heterocycles. The number of nitrogens with zero attached hydrogens (tertiary/aromatic N) is 2. The number of fused-ring (bicyclic) bond motifs is 2. The van der Waals surface area contributed by atoms with Crippen molar-refractivity contribution in [3.8, 4) is 5.75 Å². The van der Waals surface area contributed by atoms with Gasteiger partial charge in [0, 0.05) is 26.2 Å². The molecule has 7 heteroatoms. The average Bonchev–Trinajstić information content (AvgIpc) is 3.09. The van der Waals surface area contributed by atoms with Crippen LogP contribution in [0.4, 0.5) is 4.39 Å². The summed E-state index contributed by atoms with van der Waals surface area (Å²) >= 11 is 0. The number of aromatic nitrogens is 1. The van der Waals surface area contributed by atoms with Crippen molar-refractivity contribution in [3.05, 3.63) is 59.7 Å². The number of aryl methyl sites for hydroxylation is 1. The van der Waals surface area contributed by atoms with Crippen molar-refractivity contribution in [2.45, 2.75) is 38.0 Å². The summed E-state index contributed by atoms with van der Waals surface area (Å²) in [5, 5.41) is 3.06. The van der Waals surface area contributed by atoms with E-state index >= 15 is 0 Å². The number of rotatable bonds is 2. The summed E-state index contributed by atoms with van der Waals surface area (Å²) in [6.45, 7) is 2.59. The molecule has 0 saturated carbocycles. The quantitative estimate of drug-likeness (QED) is 0.840. The summed E-state index contributed by atoms with van der Waals surface area (Å²) in [4.78, 5) is 18.8. The first-order chi connectivity index (χ1) is 14.2. The Bertz CT molecular complexity index is 830. The predicted molar refractivity (Wildman–Crippen MR) is 106 cm³/mol. The number of likely N-dealkylation sites (tertiary alicyclic amines) is 1. The van der Waals surface area contributed by atoms with Crippen molar-refractivity contribution < 1.29 is 18.7 Å². The molecule has 2 aliphatic rings. The molecule has 2 atom stereocenters. The molecule has 0 aliphatic carbocycles. The zero-order valence-corrected chi connectivity index (χ0v) is 16.4. The normalized spacial score (nSPS) is 23.6. The average molecular weight is 399 g/mol. The molecule has 29 heavy (non-hydrogen) atoms. The summed E-state index contributed by atoms with van der Waals surface area (Å²) < 4.78 is 25.0. The smallest absolute Gasteiger partial charge is 0.258 e. The molecule has 1 N–H and O–H groups in total. The van der Waals surface area contributed by atoms with Crippen LogP contribution in [-0.4, -0.2) is 54.2 Å². The van der Waals surface area contributed by atoms with Gasteiger partial charge in [-0.3, -0.25) is 14.7 Å². The van der Waals surface area contributed by atoms with Gasteiger partial charge in [0.1, 0.15) is 11.6 Å². The number of carbonyl (C=O) groups is 1. The van der Waals surface area contributed by atoms with Crippen LogP contribution in [0.5, 0.6) is 5.75 Å². The number of hydrogen-bond acceptors (Lipinski definition) is 5. The molecule has 0 unspecified atom stereocenters. The number of pyridine rings is 1. The molecule has 1 aromatic carbocycles. The first-order valence-electron chi connectivity index (χ1n) is 10.1. The maximum Gasteiger partial charge on any atom is 0.258 e. The number of benzene rings is 1. The highest BCUT2D eigenvalue weighted by molar-refractivity contribution is 5.78. The van der Waals surface area contributed by atoms with E-state index in [0.717, 1.165) is 36.3 Å². The number of hydrogen-bond donors (Lipinski definition) is 1. The number of halogens is 1. The Morgan fingerprint density at radius 1 is 1.17 bits per heavy atom. The molecular formula is C22H26FN3O3. The molecule has 1 aromatic heterocycles. The van der Waals surface area contributed by atoms with Gasteiger partial charge in [0.15, 0.2) is 6.61 Å². The lowest BCUT2D eigenvalue weighted by Crippen LogP contribution is -2.45. The van der Waals surface area contributed by atoms with Crippen LogP contribution < -0.4 is 10.1 Å². The van der Waals surface area contributed by atoms with E-state index in [1.165, 1.54) is 12.3 Å². The first-order valence-corrected chi connectivity index (χ1v) is 10.1. The maximum atomic E-state index is 13.1. The standard InChI is InChI=1S/C22H26FN3O3/c23-17-8-9-18(24-11-17)12-26-13-19-21(14-26)28-10-4-3-6-16-5-1-2-7-20(16)29-15-22(27)25-19/h1-2,5,7-9,11,19,21H,3-4,6,10,12-15H2,(H,25,27)/t19-,21+/m0/s1. The van der Waals surface area contributed by atoms with Gasteiger partial charge in [-0.25, -0.2) is 4.39 Å². The zero-order chi connectivity index (χ0) is 20.1. The van der Waals surface area contributed by atoms with Gasteiger partial charge in [0.25, 0.3) is 5.91 Å². The summed E-state index contributed by atoms with van der Waals surface area (Å²) in [7, 11) is 0. The van der Waals surface area contributed by atoms with E-state index < -0.39 is 0 Å². The topological polar surface area (TPSA) is 63.7 Å². The molecule has 0 spiro atoms. The minimum absolute atomic E-state index is 0.0141. The van der Waals surface area contributed by atoms with Crippen LogP contribution in [0.15, 0.2) is 42.6 Å². The van der Waals surface area contributed by atoms with E-state index in [4.69, 9.17) is 9.47 Å². The van der Waals surface area contributed by atoms with Crippen molar-refractivity contribution in [1.82, 2.24) is 15.2 Å². The molecule has 154 valence electrons. The van der Waals surface area contributed by atoms with Crippen molar-refractivity contribution in [2.24, 2.45) is 0 Å². The van der Waals surface area contributed by atoms with Gasteiger partial charge in [-0.05, 0) is 43.0 Å². The van der Waals surface area contributed by atoms with Gasteiger partial charge in [-0.15, -0.1) is 0 Å². The fourth-order valence-electron chi connectivity index (χ4n) is 3.91. The van der Waals surface area contributed by atoms with Gasteiger partial charge in [-0.2, -0.15) is 0 Å². The predicted octanol–water partition coefficient (Wildman–Crippen LogP) is 2.32. The van der Waals surface area contributed by atoms with E-state index in [9.17, 15) is 9.18 Å². The van der Waals surface area contributed by atoms with E-state index in [0.29, 0.717) is 26.2 Å². The minimum Gasteiger partial charge on any atom is -0.483 e. The highest BCUT2D eigenvalue weighted by Crippen LogP contribution is 2.22. The zero-order valence-electron chi connectivity index (χ0n) is 16.4. The van der Waals surface area contributed by atoms with Crippen LogP contribution in [0, 0.1) is 5.82 Å². The molecule has 1 fully saturated rings. The molecule has 0 radical (unpaired) electrons. The molecule has 1 saturated heterocycles. The summed E-state index contributed by atoms with van der Waals surface area (Å²) in [5.41, 5.74) is 1.92. The lowest BCUT2D eigenvalue weighted by atomic mass is 10.1. The second kappa shape index (κ2) is 9.33. The van der Waals surface area contributed by atoms with Crippen LogP contribution in [0.3, 0.4) is 0 Å². The SMILES string of the molecule is O=C1COc2ccccc2CCCCO[C@@H]2CN(Cc3ccc(F)cn3)C[C@@H]2N1. The van der Waals surface area contributed by atoms with E-state index in [-0.39, 0.29) is 30.5 Å². The van der Waals surface area contributed by atoms with Gasteiger partial charge >= 0.3 is 0 Å². The lowest BCUT2D eigenvalue weighted by molar-refractivity contribution is -0.124. The lowest BCUT2D eigenvalue weighted by Gasteiger charge is -2.20. The molecule has 2 aromatic rings. The molecule has 1 amide bonds. The highest BCUT2D eigenvalue weighted by Gasteiger charge is 2.34. The van der Waals surface area contributed by atoms with Crippen LogP contribution in [-0.2, 0) is 22.5 Å². The minimum atomic E-state index is -0.343. The van der Waals surface area contributed by atoms with Gasteiger partial charge in [0.05, 0.1) is 24.0 Å². The van der Waals surface area contributed by atoms with Gasteiger partial charge in [-0.1, -0.05) is 18.2 Å². The maximum absolute atomic E-state index is 13.1. The Hall–Kier alpha value is -2.51. The largest absolute Gasteiger partial charge is 0.483 e. The molecule has 3 heterocycles. The fourth-order valence-corrected chi connectivity index (χ4v) is 3.91. The molecule has 0 bridgehead atoms. The summed E-state index contributed by atoms with van der Waals surface area (Å²) in [5.74, 6) is 0.277. The fraction of sp³-hybridized carbons (Fsp3) is 0.455. The second-order valence-corrected chi connectivity index (χ2v) is 7.60. The summed E-state index contributed by atoms with van der Waals surface area (Å²) in [6.07, 6.45) is 4.00. The Morgan fingerprint density at radius 2 is 2.07 bits per heavy atom. The van der Waals surface area contributed by atoms with Crippen LogP contribution in [0.1, 0.15) is 24.1 Å². The highest BCUT2D eigenvalue weighted by atomic mass is 19.1. The number of carbonyl (C=O) groups excluding carboxylic acids is 1. The number of ether oxygens (including phenoxy) is 2. The third kappa shape index (κ3) is 5.31. The number of amides is 1. The Kier molecular flexibility index (Phi) is 6.36. The van der Waals surface area contributed by atoms with Crippen molar-refractivity contribution in [2.75, 3.05) is 26.3 Å². The number of nitrogens with one attached hydrogen (secondary N) is 1. The Morgan fingerprint density at radius 3 is 2.93 bits per heavy atom. The van der Waals surface area contributed by atoms with Crippen molar-refractivity contribution >= 4 is 5.91 Å². The Balaban J connectivity index is 1.41. The van der Waals surface area contributed by atoms with Crippen LogP contribution in [0.2, 0.25) is 0 Å². The van der Waals surface area contributed by atoms with Crippen molar-refractivity contribution in [3.63, 3.8) is 0 Å². The summed E-state index contributed by atoms with van der Waals surface area (Å²) in [6, 6.07) is 10.9. The van der Waals surface area contributed by atoms with E-state index in [1.807, 2.05) is 24.3 Å². The molecule has 4 rings (SSSR count). The Labute approximate surface area is 170 Å². The first kappa shape index (κ1) is 19.8. The van der Waals surface area contributed by atoms with Gasteiger partial charge in [0.2, 0.25) is 0 Å². The third-order valence-corrected chi connectivity index (χ3v) is 5.37. The van der Waals surface area contributed by atoms with Crippen LogP contribution >= 0.6 is 0 Å². The monoisotopic (exact) mass is 399 g/mol. The van der Waals surface area contributed by atoms with Crippen LogP contribution in [0.25, 0.3) is 0 Å². The van der Waals surface area contributed by atoms with Crippen molar-refractivity contribution in [1.29, 1.82) is 0 Å². The van der Waals surface area contributed by atoms with Gasteiger partial charge < -0.3 is 14.8 Å². The van der Waals surface area contributed by atoms with E-state index in [1.54, 1.807) is 6.07 Å². The molecular weight excluding hydrogens is 373 g/mol.